The summed E-state index contributed by atoms with van der Waals surface area (Å²) in [6, 6.07) is 4.45. The van der Waals surface area contributed by atoms with E-state index in [2.05, 4.69) is 15.9 Å². The molecule has 0 aliphatic heterocycles. The molecule has 0 aliphatic rings. The third-order valence-corrected chi connectivity index (χ3v) is 1.99. The molecule has 0 bridgehead atoms. The van der Waals surface area contributed by atoms with Crippen molar-refractivity contribution in [3.05, 3.63) is 28.0 Å². The van der Waals surface area contributed by atoms with Gasteiger partial charge in [-0.05, 0) is 22.0 Å². The number of ether oxygens (including phenoxy) is 1. The number of rotatable bonds is 1. The minimum Gasteiger partial charge on any atom is -0.497 e. The van der Waals surface area contributed by atoms with Gasteiger partial charge < -0.3 is 4.74 Å². The Labute approximate surface area is 77.7 Å². The topological polar surface area (TPSA) is 33.0 Å². The fourth-order valence-corrected chi connectivity index (χ4v) is 1.28. The zero-order valence-electron chi connectivity index (χ0n) is 6.27. The fourth-order valence-electron chi connectivity index (χ4n) is 0.775. The number of nitrogens with zero attached hydrogens (tertiary/aromatic N) is 1. The number of hydrogen-bond acceptors (Lipinski definition) is 2. The van der Waals surface area contributed by atoms with E-state index in [0.29, 0.717) is 10.2 Å². The lowest BCUT2D eigenvalue weighted by atomic mass is 10.2. The van der Waals surface area contributed by atoms with E-state index >= 15 is 0 Å². The standard InChI is InChI=1S/C8H5BrFNO/c1-12-5-2-7(9)6(4-11)8(10)3-5/h2-3H,1H3. The molecule has 0 saturated carbocycles. The molecule has 0 saturated heterocycles. The number of methoxy groups -OCH3 is 1. The number of halogens is 2. The molecule has 62 valence electrons. The van der Waals surface area contributed by atoms with E-state index in [4.69, 9.17) is 10.00 Å². The molecule has 12 heavy (non-hydrogen) atoms. The van der Waals surface area contributed by atoms with E-state index < -0.39 is 5.82 Å². The summed E-state index contributed by atoms with van der Waals surface area (Å²) in [5.41, 5.74) is -0.00389. The third-order valence-electron chi connectivity index (χ3n) is 1.36. The van der Waals surface area contributed by atoms with Crippen molar-refractivity contribution in [3.63, 3.8) is 0 Å². The molecular weight excluding hydrogens is 225 g/mol. The van der Waals surface area contributed by atoms with Gasteiger partial charge >= 0.3 is 0 Å². The lowest BCUT2D eigenvalue weighted by molar-refractivity contribution is 0.411. The van der Waals surface area contributed by atoms with Crippen molar-refractivity contribution in [3.8, 4) is 11.8 Å². The quantitative estimate of drug-likeness (QED) is 0.742. The van der Waals surface area contributed by atoms with E-state index in [9.17, 15) is 4.39 Å². The van der Waals surface area contributed by atoms with Crippen LogP contribution in [0.25, 0.3) is 0 Å². The largest absolute Gasteiger partial charge is 0.497 e. The van der Waals surface area contributed by atoms with Crippen molar-refractivity contribution in [2.75, 3.05) is 7.11 Å². The lowest BCUT2D eigenvalue weighted by Crippen LogP contribution is -1.89. The molecular formula is C8H5BrFNO. The van der Waals surface area contributed by atoms with E-state index in [1.807, 2.05) is 0 Å². The summed E-state index contributed by atoms with van der Waals surface area (Å²) >= 11 is 3.06. The second-order valence-corrected chi connectivity index (χ2v) is 2.93. The van der Waals surface area contributed by atoms with Crippen LogP contribution < -0.4 is 4.74 Å². The molecule has 0 spiro atoms. The van der Waals surface area contributed by atoms with E-state index in [1.54, 1.807) is 12.1 Å². The maximum atomic E-state index is 13.0. The van der Waals surface area contributed by atoms with Crippen molar-refractivity contribution < 1.29 is 9.13 Å². The van der Waals surface area contributed by atoms with Gasteiger partial charge in [-0.25, -0.2) is 4.39 Å². The molecule has 0 aliphatic carbocycles. The first-order chi connectivity index (χ1) is 5.69. The van der Waals surface area contributed by atoms with Crippen molar-refractivity contribution in [1.82, 2.24) is 0 Å². The predicted molar refractivity (Wildman–Crippen MR) is 45.4 cm³/mol. The lowest BCUT2D eigenvalue weighted by Gasteiger charge is -2.02. The van der Waals surface area contributed by atoms with Crippen LogP contribution in [0.4, 0.5) is 4.39 Å². The molecule has 1 aromatic rings. The maximum Gasteiger partial charge on any atom is 0.145 e. The Morgan fingerprint density at radius 1 is 1.58 bits per heavy atom. The highest BCUT2D eigenvalue weighted by Gasteiger charge is 2.08. The highest BCUT2D eigenvalue weighted by atomic mass is 79.9. The van der Waals surface area contributed by atoms with Crippen molar-refractivity contribution in [2.24, 2.45) is 0 Å². The van der Waals surface area contributed by atoms with Crippen molar-refractivity contribution in [2.45, 2.75) is 0 Å². The minimum absolute atomic E-state index is 0.00389. The summed E-state index contributed by atoms with van der Waals surface area (Å²) in [5.74, 6) is -0.193. The van der Waals surface area contributed by atoms with Gasteiger partial charge in [0.15, 0.2) is 0 Å². The smallest absolute Gasteiger partial charge is 0.145 e. The summed E-state index contributed by atoms with van der Waals surface area (Å²) in [6.07, 6.45) is 0. The third kappa shape index (κ3) is 1.56. The highest BCUT2D eigenvalue weighted by molar-refractivity contribution is 9.10. The predicted octanol–water partition coefficient (Wildman–Crippen LogP) is 2.47. The molecule has 0 fully saturated rings. The summed E-state index contributed by atoms with van der Waals surface area (Å²) in [6.45, 7) is 0. The SMILES string of the molecule is COc1cc(F)c(C#N)c(Br)c1. The first-order valence-electron chi connectivity index (χ1n) is 3.12. The highest BCUT2D eigenvalue weighted by Crippen LogP contribution is 2.25. The van der Waals surface area contributed by atoms with Crippen molar-refractivity contribution in [1.29, 1.82) is 5.26 Å². The molecule has 1 rings (SSSR count). The molecule has 0 aromatic heterocycles. The first kappa shape index (κ1) is 9.01. The van der Waals surface area contributed by atoms with Crippen LogP contribution in [0.2, 0.25) is 0 Å². The first-order valence-corrected chi connectivity index (χ1v) is 3.91. The average molecular weight is 230 g/mol. The Bertz CT molecular complexity index is 322. The molecule has 1 aromatic carbocycles. The van der Waals surface area contributed by atoms with Crippen LogP contribution in [0.5, 0.6) is 5.75 Å². The summed E-state index contributed by atoms with van der Waals surface area (Å²) in [5, 5.41) is 8.50. The zero-order chi connectivity index (χ0) is 9.14. The number of nitriles is 1. The molecule has 0 heterocycles. The van der Waals surface area contributed by atoms with Crippen LogP contribution in [0, 0.1) is 17.1 Å². The molecule has 2 nitrogen and oxygen atoms in total. The Morgan fingerprint density at radius 3 is 2.67 bits per heavy atom. The van der Waals surface area contributed by atoms with Crippen LogP contribution in [-0.2, 0) is 0 Å². The van der Waals surface area contributed by atoms with Crippen LogP contribution >= 0.6 is 15.9 Å². The van der Waals surface area contributed by atoms with E-state index in [0.717, 1.165) is 0 Å². The van der Waals surface area contributed by atoms with E-state index in [1.165, 1.54) is 13.2 Å². The Morgan fingerprint density at radius 2 is 2.25 bits per heavy atom. The molecule has 0 atom stereocenters. The van der Waals surface area contributed by atoms with Gasteiger partial charge in [-0.3, -0.25) is 0 Å². The van der Waals surface area contributed by atoms with Gasteiger partial charge in [-0.1, -0.05) is 0 Å². The van der Waals surface area contributed by atoms with Crippen LogP contribution in [0.15, 0.2) is 16.6 Å². The van der Waals surface area contributed by atoms with Crippen LogP contribution in [0.1, 0.15) is 5.56 Å². The molecule has 0 N–H and O–H groups in total. The van der Waals surface area contributed by atoms with E-state index in [-0.39, 0.29) is 5.56 Å². The van der Waals surface area contributed by atoms with Gasteiger partial charge in [0.05, 0.1) is 7.11 Å². The number of hydrogen-bond donors (Lipinski definition) is 0. The van der Waals surface area contributed by atoms with Gasteiger partial charge in [-0.2, -0.15) is 5.26 Å². The Hall–Kier alpha value is -1.08. The summed E-state index contributed by atoms with van der Waals surface area (Å²) in [7, 11) is 1.44. The monoisotopic (exact) mass is 229 g/mol. The Kier molecular flexibility index (Phi) is 2.66. The van der Waals surface area contributed by atoms with Gasteiger partial charge in [0, 0.05) is 10.5 Å². The zero-order valence-corrected chi connectivity index (χ0v) is 7.85. The molecule has 4 heteroatoms. The van der Waals surface area contributed by atoms with Crippen LogP contribution in [-0.4, -0.2) is 7.11 Å². The summed E-state index contributed by atoms with van der Waals surface area (Å²) < 4.78 is 18.2. The molecule has 0 radical (unpaired) electrons. The fraction of sp³-hybridized carbons (Fsp3) is 0.125. The number of benzene rings is 1. The minimum atomic E-state index is -0.580. The van der Waals surface area contributed by atoms with Gasteiger partial charge in [0.25, 0.3) is 0 Å². The molecule has 0 unspecified atom stereocenters. The van der Waals surface area contributed by atoms with Crippen LogP contribution in [0.3, 0.4) is 0 Å². The molecule has 0 amide bonds. The normalized spacial score (nSPS) is 9.17. The second-order valence-electron chi connectivity index (χ2n) is 2.08. The second kappa shape index (κ2) is 3.55. The van der Waals surface area contributed by atoms with Gasteiger partial charge in [0.1, 0.15) is 23.2 Å². The summed E-state index contributed by atoms with van der Waals surface area (Å²) in [4.78, 5) is 0. The average Bonchev–Trinajstić information content (AvgIpc) is 2.03. The Balaban J connectivity index is 3.30. The van der Waals surface area contributed by atoms with Crippen molar-refractivity contribution >= 4 is 15.9 Å². The maximum absolute atomic E-state index is 13.0. The van der Waals surface area contributed by atoms with Gasteiger partial charge in [0.2, 0.25) is 0 Å². The van der Waals surface area contributed by atoms with Gasteiger partial charge in [-0.15, -0.1) is 0 Å².